The summed E-state index contributed by atoms with van der Waals surface area (Å²) in [7, 11) is -2.26. The second kappa shape index (κ2) is 9.94. The van der Waals surface area contributed by atoms with Crippen LogP contribution in [0.1, 0.15) is 57.8 Å². The Balaban J connectivity index is 0.00000288. The fourth-order valence-electron chi connectivity index (χ4n) is 4.06. The maximum absolute atomic E-state index is 12.9. The maximum atomic E-state index is 12.9. The van der Waals surface area contributed by atoms with Gasteiger partial charge in [0.05, 0.1) is 18.3 Å². The van der Waals surface area contributed by atoms with E-state index in [9.17, 15) is 13.2 Å². The number of halogens is 1. The van der Waals surface area contributed by atoms with Crippen LogP contribution in [0, 0.1) is 11.8 Å². The maximum Gasteiger partial charge on any atom is 0.310 e. The molecule has 2 aliphatic carbocycles. The van der Waals surface area contributed by atoms with Crippen molar-refractivity contribution in [3.05, 3.63) is 0 Å². The predicted octanol–water partition coefficient (Wildman–Crippen LogP) is 1.97. The summed E-state index contributed by atoms with van der Waals surface area (Å²) < 4.78 is 33.3. The number of hydrogen-bond acceptors (Lipinski definition) is 5. The Kier molecular flexibility index (Phi) is 8.98. The Hall–Kier alpha value is -0.370. The second-order valence-corrected chi connectivity index (χ2v) is 8.79. The number of rotatable bonds is 6. The molecule has 0 bridgehead atoms. The summed E-state index contributed by atoms with van der Waals surface area (Å²) in [5.41, 5.74) is 5.84. The van der Waals surface area contributed by atoms with E-state index in [0.29, 0.717) is 25.3 Å². The molecule has 142 valence electrons. The van der Waals surface area contributed by atoms with E-state index in [4.69, 9.17) is 10.5 Å². The van der Waals surface area contributed by atoms with Gasteiger partial charge in [-0.25, -0.2) is 13.1 Å². The predicted molar refractivity (Wildman–Crippen MR) is 96.5 cm³/mol. The third-order valence-electron chi connectivity index (χ3n) is 5.39. The van der Waals surface area contributed by atoms with E-state index in [1.165, 1.54) is 13.5 Å². The van der Waals surface area contributed by atoms with Gasteiger partial charge in [-0.3, -0.25) is 4.79 Å². The SMILES string of the molecule is COC(=O)C1CCCCC1S(=O)(=O)NC(CN)C1CCCCC1.Cl. The molecule has 0 amide bonds. The van der Waals surface area contributed by atoms with Gasteiger partial charge in [-0.15, -0.1) is 12.4 Å². The van der Waals surface area contributed by atoms with Crippen LogP contribution < -0.4 is 10.5 Å². The van der Waals surface area contributed by atoms with E-state index >= 15 is 0 Å². The fraction of sp³-hybridized carbons (Fsp3) is 0.938. The van der Waals surface area contributed by atoms with Gasteiger partial charge < -0.3 is 10.5 Å². The molecular weight excluding hydrogens is 352 g/mol. The first kappa shape index (κ1) is 21.7. The zero-order chi connectivity index (χ0) is 16.9. The molecule has 0 aromatic rings. The standard InChI is InChI=1S/C16H30N2O4S.ClH/c1-22-16(19)13-9-5-6-10-15(13)23(20,21)18-14(11-17)12-7-3-2-4-8-12;/h12-15,18H,2-11,17H2,1H3;1H. The summed E-state index contributed by atoms with van der Waals surface area (Å²) in [4.78, 5) is 11.9. The molecule has 0 aromatic heterocycles. The Morgan fingerprint density at radius 2 is 1.71 bits per heavy atom. The van der Waals surface area contributed by atoms with Crippen LogP contribution in [-0.2, 0) is 19.6 Å². The van der Waals surface area contributed by atoms with Crippen LogP contribution in [0.25, 0.3) is 0 Å². The zero-order valence-corrected chi connectivity index (χ0v) is 16.0. The summed E-state index contributed by atoms with van der Waals surface area (Å²) in [5.74, 6) is -0.665. The summed E-state index contributed by atoms with van der Waals surface area (Å²) in [6, 6.07) is -0.222. The van der Waals surface area contributed by atoms with Crippen LogP contribution in [0.3, 0.4) is 0 Å². The Bertz CT molecular complexity index is 494. The highest BCUT2D eigenvalue weighted by Gasteiger charge is 2.41. The highest BCUT2D eigenvalue weighted by Crippen LogP contribution is 2.32. The van der Waals surface area contributed by atoms with Crippen molar-refractivity contribution in [3.63, 3.8) is 0 Å². The third kappa shape index (κ3) is 5.31. The summed E-state index contributed by atoms with van der Waals surface area (Å²) in [6.07, 6.45) is 8.32. The fourth-order valence-corrected chi connectivity index (χ4v) is 6.10. The van der Waals surface area contributed by atoms with Gasteiger partial charge in [-0.05, 0) is 31.6 Å². The minimum absolute atomic E-state index is 0. The van der Waals surface area contributed by atoms with Gasteiger partial charge >= 0.3 is 5.97 Å². The van der Waals surface area contributed by atoms with E-state index in [2.05, 4.69) is 4.72 Å². The molecule has 3 unspecified atom stereocenters. The second-order valence-electron chi connectivity index (χ2n) is 6.86. The quantitative estimate of drug-likeness (QED) is 0.684. The average Bonchev–Trinajstić information content (AvgIpc) is 2.59. The summed E-state index contributed by atoms with van der Waals surface area (Å²) in [5, 5.41) is -0.693. The van der Waals surface area contributed by atoms with Crippen molar-refractivity contribution in [1.82, 2.24) is 4.72 Å². The van der Waals surface area contributed by atoms with Gasteiger partial charge in [0.1, 0.15) is 0 Å². The molecule has 2 fully saturated rings. The average molecular weight is 383 g/mol. The number of carbonyl (C=O) groups is 1. The van der Waals surface area contributed by atoms with Crippen LogP contribution in [0.5, 0.6) is 0 Å². The molecule has 24 heavy (non-hydrogen) atoms. The van der Waals surface area contributed by atoms with Gasteiger partial charge in [0.25, 0.3) is 0 Å². The van der Waals surface area contributed by atoms with Crippen LogP contribution >= 0.6 is 12.4 Å². The van der Waals surface area contributed by atoms with Crippen molar-refractivity contribution < 1.29 is 17.9 Å². The molecule has 3 N–H and O–H groups in total. The molecule has 6 nitrogen and oxygen atoms in total. The lowest BCUT2D eigenvalue weighted by molar-refractivity contribution is -0.146. The van der Waals surface area contributed by atoms with E-state index in [-0.39, 0.29) is 18.4 Å². The number of ether oxygens (including phenoxy) is 1. The number of methoxy groups -OCH3 is 1. The van der Waals surface area contributed by atoms with Crippen LogP contribution in [0.4, 0.5) is 0 Å². The molecule has 0 spiro atoms. The van der Waals surface area contributed by atoms with Gasteiger partial charge in [-0.1, -0.05) is 32.1 Å². The molecule has 0 saturated heterocycles. The number of sulfonamides is 1. The Morgan fingerprint density at radius 3 is 2.29 bits per heavy atom. The first-order chi connectivity index (χ1) is 11.0. The normalized spacial score (nSPS) is 27.1. The lowest BCUT2D eigenvalue weighted by atomic mass is 9.84. The topological polar surface area (TPSA) is 98.5 Å². The highest BCUT2D eigenvalue weighted by molar-refractivity contribution is 7.90. The van der Waals surface area contributed by atoms with E-state index in [1.807, 2.05) is 0 Å². The van der Waals surface area contributed by atoms with E-state index < -0.39 is 27.2 Å². The number of nitrogens with one attached hydrogen (secondary N) is 1. The number of carbonyl (C=O) groups excluding carboxylic acids is 1. The summed E-state index contributed by atoms with van der Waals surface area (Å²) >= 11 is 0. The van der Waals surface area contributed by atoms with E-state index in [0.717, 1.165) is 38.5 Å². The van der Waals surface area contributed by atoms with E-state index in [1.54, 1.807) is 0 Å². The lowest BCUT2D eigenvalue weighted by Gasteiger charge is -2.34. The van der Waals surface area contributed by atoms with Crippen molar-refractivity contribution in [3.8, 4) is 0 Å². The molecule has 8 heteroatoms. The van der Waals surface area contributed by atoms with Crippen LogP contribution in [0.2, 0.25) is 0 Å². The van der Waals surface area contributed by atoms with Gasteiger partial charge in [0, 0.05) is 12.6 Å². The van der Waals surface area contributed by atoms with Crippen molar-refractivity contribution in [1.29, 1.82) is 0 Å². The molecule has 2 rings (SSSR count). The monoisotopic (exact) mass is 382 g/mol. The van der Waals surface area contributed by atoms with Crippen molar-refractivity contribution >= 4 is 28.4 Å². The first-order valence-electron chi connectivity index (χ1n) is 8.78. The molecule has 0 aromatic carbocycles. The molecule has 0 heterocycles. The summed E-state index contributed by atoms with van der Waals surface area (Å²) in [6.45, 7) is 0.305. The first-order valence-corrected chi connectivity index (χ1v) is 10.3. The Morgan fingerprint density at radius 1 is 1.12 bits per heavy atom. The van der Waals surface area contributed by atoms with Gasteiger partial charge in [0.15, 0.2) is 0 Å². The minimum Gasteiger partial charge on any atom is -0.469 e. The molecule has 2 aliphatic rings. The van der Waals surface area contributed by atoms with Gasteiger partial charge in [0.2, 0.25) is 10.0 Å². The molecule has 2 saturated carbocycles. The van der Waals surface area contributed by atoms with Gasteiger partial charge in [-0.2, -0.15) is 0 Å². The molecule has 0 radical (unpaired) electrons. The highest BCUT2D eigenvalue weighted by atomic mass is 35.5. The van der Waals surface area contributed by atoms with Crippen molar-refractivity contribution in [2.24, 2.45) is 17.6 Å². The molecule has 0 aliphatic heterocycles. The zero-order valence-electron chi connectivity index (χ0n) is 14.4. The minimum atomic E-state index is -3.58. The van der Waals surface area contributed by atoms with Crippen LogP contribution in [0.15, 0.2) is 0 Å². The Labute approximate surface area is 151 Å². The third-order valence-corrected chi connectivity index (χ3v) is 7.39. The number of esters is 1. The van der Waals surface area contributed by atoms with Crippen molar-refractivity contribution in [2.45, 2.75) is 69.1 Å². The van der Waals surface area contributed by atoms with Crippen LogP contribution in [-0.4, -0.2) is 39.3 Å². The largest absolute Gasteiger partial charge is 0.469 e. The number of nitrogens with two attached hydrogens (primary N) is 1. The smallest absolute Gasteiger partial charge is 0.310 e. The van der Waals surface area contributed by atoms with Crippen molar-refractivity contribution in [2.75, 3.05) is 13.7 Å². The lowest BCUT2D eigenvalue weighted by Crippen LogP contribution is -2.51. The molecule has 3 atom stereocenters. The number of hydrogen-bond donors (Lipinski definition) is 2. The molecular formula is C16H31ClN2O4S.